The normalized spacial score (nSPS) is 26.6. The maximum atomic E-state index is 6.25. The molecule has 1 aromatic carbocycles. The van der Waals surface area contributed by atoms with Crippen molar-refractivity contribution in [1.29, 1.82) is 0 Å². The predicted molar refractivity (Wildman–Crippen MR) is 82.8 cm³/mol. The number of rotatable bonds is 2. The van der Waals surface area contributed by atoms with Gasteiger partial charge in [-0.05, 0) is 55.4 Å². The van der Waals surface area contributed by atoms with Crippen molar-refractivity contribution >= 4 is 16.6 Å². The lowest BCUT2D eigenvalue weighted by Gasteiger charge is -2.31. The molecule has 1 aromatic heterocycles. The topological polar surface area (TPSA) is 48.1 Å². The minimum absolute atomic E-state index is 0.294. The highest BCUT2D eigenvalue weighted by molar-refractivity contribution is 5.94. The molecule has 2 N–H and O–H groups in total. The van der Waals surface area contributed by atoms with Crippen molar-refractivity contribution in [3.63, 3.8) is 0 Å². The Balaban J connectivity index is 1.89. The molecule has 3 rings (SSSR count). The second-order valence-corrected chi connectivity index (χ2v) is 6.21. The number of benzene rings is 1. The zero-order valence-corrected chi connectivity index (χ0v) is 12.2. The van der Waals surface area contributed by atoms with Crippen LogP contribution in [-0.4, -0.2) is 11.1 Å². The number of pyridine rings is 1. The minimum atomic E-state index is 0.294. The first-order chi connectivity index (χ1) is 9.63. The van der Waals surface area contributed by atoms with Gasteiger partial charge in [-0.25, -0.2) is 0 Å². The molecule has 2 aromatic rings. The van der Waals surface area contributed by atoms with Crippen LogP contribution < -0.4 is 10.5 Å². The fourth-order valence-electron chi connectivity index (χ4n) is 3.41. The molecule has 20 heavy (non-hydrogen) atoms. The highest BCUT2D eigenvalue weighted by Gasteiger charge is 2.25. The monoisotopic (exact) mass is 270 g/mol. The molecule has 0 aliphatic heterocycles. The summed E-state index contributed by atoms with van der Waals surface area (Å²) in [6.45, 7) is 4.62. The lowest BCUT2D eigenvalue weighted by molar-refractivity contribution is 0.102. The lowest BCUT2D eigenvalue weighted by atomic mass is 9.82. The van der Waals surface area contributed by atoms with Gasteiger partial charge in [0.15, 0.2) is 0 Å². The van der Waals surface area contributed by atoms with Crippen LogP contribution in [0.2, 0.25) is 0 Å². The van der Waals surface area contributed by atoms with Gasteiger partial charge in [0.1, 0.15) is 11.3 Å². The Bertz CT molecular complexity index is 601. The van der Waals surface area contributed by atoms with Gasteiger partial charge in [0, 0.05) is 17.3 Å². The molecule has 1 saturated carbocycles. The van der Waals surface area contributed by atoms with Crippen LogP contribution in [0.5, 0.6) is 5.75 Å². The number of nitrogens with zero attached hydrogens (tertiary/aromatic N) is 1. The zero-order chi connectivity index (χ0) is 14.1. The molecule has 106 valence electrons. The average molecular weight is 270 g/mol. The Kier molecular flexibility index (Phi) is 3.51. The van der Waals surface area contributed by atoms with Gasteiger partial charge < -0.3 is 10.5 Å². The zero-order valence-electron chi connectivity index (χ0n) is 12.2. The van der Waals surface area contributed by atoms with E-state index in [0.717, 1.165) is 47.0 Å². The van der Waals surface area contributed by atoms with Crippen LogP contribution in [0.1, 0.15) is 33.1 Å². The van der Waals surface area contributed by atoms with Gasteiger partial charge in [-0.2, -0.15) is 0 Å². The smallest absolute Gasteiger partial charge is 0.146 e. The SMILES string of the molecule is CC1CC(C)CC(Oc2ccc(N)c3cccnc23)C1. The molecule has 0 saturated heterocycles. The summed E-state index contributed by atoms with van der Waals surface area (Å²) < 4.78 is 6.25. The Hall–Kier alpha value is -1.77. The van der Waals surface area contributed by atoms with Crippen molar-refractivity contribution in [3.05, 3.63) is 30.5 Å². The lowest BCUT2D eigenvalue weighted by Crippen LogP contribution is -2.28. The van der Waals surface area contributed by atoms with E-state index in [9.17, 15) is 0 Å². The Labute approximate surface area is 120 Å². The van der Waals surface area contributed by atoms with Crippen LogP contribution in [0.15, 0.2) is 30.5 Å². The summed E-state index contributed by atoms with van der Waals surface area (Å²) in [6.07, 6.45) is 5.65. The number of nitrogens with two attached hydrogens (primary N) is 1. The van der Waals surface area contributed by atoms with Gasteiger partial charge in [-0.1, -0.05) is 13.8 Å². The van der Waals surface area contributed by atoms with Crippen molar-refractivity contribution in [2.24, 2.45) is 11.8 Å². The van der Waals surface area contributed by atoms with Crippen LogP contribution >= 0.6 is 0 Å². The van der Waals surface area contributed by atoms with Gasteiger partial charge in [-0.3, -0.25) is 4.98 Å². The molecule has 0 amide bonds. The summed E-state index contributed by atoms with van der Waals surface area (Å²) in [5.74, 6) is 2.33. The summed E-state index contributed by atoms with van der Waals surface area (Å²) >= 11 is 0. The van der Waals surface area contributed by atoms with Gasteiger partial charge >= 0.3 is 0 Å². The van der Waals surface area contributed by atoms with Gasteiger partial charge in [0.25, 0.3) is 0 Å². The van der Waals surface area contributed by atoms with Gasteiger partial charge in [-0.15, -0.1) is 0 Å². The van der Waals surface area contributed by atoms with E-state index in [0.29, 0.717) is 6.10 Å². The van der Waals surface area contributed by atoms with E-state index < -0.39 is 0 Å². The number of ether oxygens (including phenoxy) is 1. The molecule has 1 fully saturated rings. The first-order valence-corrected chi connectivity index (χ1v) is 7.43. The molecule has 1 aliphatic carbocycles. The van der Waals surface area contributed by atoms with Crippen molar-refractivity contribution in [2.45, 2.75) is 39.2 Å². The van der Waals surface area contributed by atoms with E-state index in [1.165, 1.54) is 6.42 Å². The standard InChI is InChI=1S/C17H22N2O/c1-11-8-12(2)10-13(9-11)20-16-6-5-15(18)14-4-3-7-19-17(14)16/h3-7,11-13H,8-10,18H2,1-2H3. The molecule has 0 bridgehead atoms. The van der Waals surface area contributed by atoms with Crippen molar-refractivity contribution < 1.29 is 4.74 Å². The molecule has 2 unspecified atom stereocenters. The minimum Gasteiger partial charge on any atom is -0.488 e. The van der Waals surface area contributed by atoms with Gasteiger partial charge in [0.2, 0.25) is 0 Å². The summed E-state index contributed by atoms with van der Waals surface area (Å²) in [7, 11) is 0. The van der Waals surface area contributed by atoms with Crippen LogP contribution in [-0.2, 0) is 0 Å². The van der Waals surface area contributed by atoms with Crippen LogP contribution in [0.25, 0.3) is 10.9 Å². The van der Waals surface area contributed by atoms with E-state index in [1.807, 2.05) is 24.3 Å². The maximum Gasteiger partial charge on any atom is 0.146 e. The van der Waals surface area contributed by atoms with E-state index in [-0.39, 0.29) is 0 Å². The Morgan fingerprint density at radius 3 is 2.60 bits per heavy atom. The number of fused-ring (bicyclic) bond motifs is 1. The summed E-state index contributed by atoms with van der Waals surface area (Å²) in [5, 5.41) is 0.974. The van der Waals surface area contributed by atoms with Crippen LogP contribution in [0.3, 0.4) is 0 Å². The fraction of sp³-hybridized carbons (Fsp3) is 0.471. The quantitative estimate of drug-likeness (QED) is 0.838. The third-order valence-corrected chi connectivity index (χ3v) is 4.20. The Morgan fingerprint density at radius 2 is 1.85 bits per heavy atom. The highest BCUT2D eigenvalue weighted by atomic mass is 16.5. The highest BCUT2D eigenvalue weighted by Crippen LogP contribution is 2.34. The molecular formula is C17H22N2O. The first kappa shape index (κ1) is 13.2. The number of nitrogen functional groups attached to an aromatic ring is 1. The third-order valence-electron chi connectivity index (χ3n) is 4.20. The van der Waals surface area contributed by atoms with E-state index in [4.69, 9.17) is 10.5 Å². The molecule has 0 spiro atoms. The van der Waals surface area contributed by atoms with Crippen molar-refractivity contribution in [2.75, 3.05) is 5.73 Å². The third kappa shape index (κ3) is 2.58. The molecule has 2 atom stereocenters. The van der Waals surface area contributed by atoms with Gasteiger partial charge in [0.05, 0.1) is 6.10 Å². The molecule has 0 radical (unpaired) electrons. The summed E-state index contributed by atoms with van der Waals surface area (Å²) in [6, 6.07) is 7.77. The number of aromatic nitrogens is 1. The second-order valence-electron chi connectivity index (χ2n) is 6.21. The average Bonchev–Trinajstić information content (AvgIpc) is 2.41. The number of hydrogen-bond donors (Lipinski definition) is 1. The van der Waals surface area contributed by atoms with Crippen LogP contribution in [0, 0.1) is 11.8 Å². The van der Waals surface area contributed by atoms with E-state index in [2.05, 4.69) is 18.8 Å². The van der Waals surface area contributed by atoms with E-state index in [1.54, 1.807) is 6.20 Å². The summed E-state index contributed by atoms with van der Waals surface area (Å²) in [5.41, 5.74) is 7.64. The van der Waals surface area contributed by atoms with Crippen molar-refractivity contribution in [3.8, 4) is 5.75 Å². The number of anilines is 1. The molecular weight excluding hydrogens is 248 g/mol. The van der Waals surface area contributed by atoms with Crippen molar-refractivity contribution in [1.82, 2.24) is 4.98 Å². The molecule has 3 heteroatoms. The van der Waals surface area contributed by atoms with E-state index >= 15 is 0 Å². The maximum absolute atomic E-state index is 6.25. The second kappa shape index (κ2) is 5.31. The predicted octanol–water partition coefficient (Wildman–Crippen LogP) is 4.02. The number of hydrogen-bond acceptors (Lipinski definition) is 3. The first-order valence-electron chi connectivity index (χ1n) is 7.43. The molecule has 1 heterocycles. The largest absolute Gasteiger partial charge is 0.488 e. The van der Waals surface area contributed by atoms with Crippen LogP contribution in [0.4, 0.5) is 5.69 Å². The molecule has 1 aliphatic rings. The fourth-order valence-corrected chi connectivity index (χ4v) is 3.41. The Morgan fingerprint density at radius 1 is 1.10 bits per heavy atom. The molecule has 3 nitrogen and oxygen atoms in total. The summed E-state index contributed by atoms with van der Waals surface area (Å²) in [4.78, 5) is 4.44.